The highest BCUT2D eigenvalue weighted by atomic mass is 16.2. The van der Waals surface area contributed by atoms with E-state index in [0.717, 1.165) is 58.5 Å². The standard InChI is InChI=1S/C20H35N5O3/c1-21-10-12-25(13-11-21)19(27)15-24-8-5-17(6-9-24)23(3)20(28)16-4-7-22(2)18(26)14-16/h16-17H,4-15H2,1-3H3. The zero-order valence-electron chi connectivity index (χ0n) is 17.6. The minimum absolute atomic E-state index is 0.0650. The molecule has 3 rings (SSSR count). The van der Waals surface area contributed by atoms with Crippen molar-refractivity contribution in [2.45, 2.75) is 31.7 Å². The summed E-state index contributed by atoms with van der Waals surface area (Å²) in [7, 11) is 5.76. The molecule has 0 aromatic heterocycles. The first-order valence-corrected chi connectivity index (χ1v) is 10.5. The molecular weight excluding hydrogens is 358 g/mol. The molecule has 0 spiro atoms. The number of carbonyl (C=O) groups is 3. The van der Waals surface area contributed by atoms with Crippen LogP contribution in [0.3, 0.4) is 0 Å². The number of nitrogens with zero attached hydrogens (tertiary/aromatic N) is 5. The lowest BCUT2D eigenvalue weighted by Gasteiger charge is -2.39. The third-order valence-corrected chi connectivity index (χ3v) is 6.68. The number of piperazine rings is 1. The Morgan fingerprint density at radius 1 is 0.964 bits per heavy atom. The van der Waals surface area contributed by atoms with E-state index >= 15 is 0 Å². The normalized spacial score (nSPS) is 25.8. The molecule has 0 aromatic rings. The Morgan fingerprint density at radius 3 is 2.21 bits per heavy atom. The Kier molecular flexibility index (Phi) is 6.93. The van der Waals surface area contributed by atoms with Gasteiger partial charge in [-0.2, -0.15) is 0 Å². The van der Waals surface area contributed by atoms with Gasteiger partial charge in [-0.05, 0) is 26.3 Å². The van der Waals surface area contributed by atoms with Crippen LogP contribution in [-0.2, 0) is 14.4 Å². The van der Waals surface area contributed by atoms with E-state index in [1.54, 1.807) is 11.9 Å². The highest BCUT2D eigenvalue weighted by Gasteiger charge is 2.34. The molecule has 1 atom stereocenters. The fraction of sp³-hybridized carbons (Fsp3) is 0.850. The van der Waals surface area contributed by atoms with Crippen LogP contribution in [0, 0.1) is 5.92 Å². The number of hydrogen-bond acceptors (Lipinski definition) is 5. The fourth-order valence-electron chi connectivity index (χ4n) is 4.43. The van der Waals surface area contributed by atoms with Crippen molar-refractivity contribution in [2.75, 3.05) is 73.5 Å². The van der Waals surface area contributed by atoms with Gasteiger partial charge in [-0.1, -0.05) is 0 Å². The lowest BCUT2D eigenvalue weighted by atomic mass is 9.93. The van der Waals surface area contributed by atoms with Crippen LogP contribution in [0.2, 0.25) is 0 Å². The Bertz CT molecular complexity index is 582. The van der Waals surface area contributed by atoms with Gasteiger partial charge in [0.25, 0.3) is 0 Å². The summed E-state index contributed by atoms with van der Waals surface area (Å²) in [5, 5.41) is 0. The monoisotopic (exact) mass is 393 g/mol. The summed E-state index contributed by atoms with van der Waals surface area (Å²) in [6.07, 6.45) is 2.86. The topological polar surface area (TPSA) is 67.4 Å². The summed E-state index contributed by atoms with van der Waals surface area (Å²) < 4.78 is 0. The molecule has 0 aliphatic carbocycles. The average molecular weight is 394 g/mol. The molecule has 3 amide bonds. The van der Waals surface area contributed by atoms with Crippen molar-refractivity contribution in [3.05, 3.63) is 0 Å². The van der Waals surface area contributed by atoms with E-state index in [2.05, 4.69) is 16.8 Å². The van der Waals surface area contributed by atoms with Crippen LogP contribution in [0.5, 0.6) is 0 Å². The number of carbonyl (C=O) groups excluding carboxylic acids is 3. The molecule has 0 saturated carbocycles. The van der Waals surface area contributed by atoms with Gasteiger partial charge < -0.3 is 19.6 Å². The average Bonchev–Trinajstić information content (AvgIpc) is 2.70. The van der Waals surface area contributed by atoms with E-state index in [1.165, 1.54) is 0 Å². The maximum atomic E-state index is 12.8. The van der Waals surface area contributed by atoms with Gasteiger partial charge in [0.05, 0.1) is 6.54 Å². The number of likely N-dealkylation sites (N-methyl/N-ethyl adjacent to an activating group) is 1. The molecule has 0 radical (unpaired) electrons. The third-order valence-electron chi connectivity index (χ3n) is 6.68. The summed E-state index contributed by atoms with van der Waals surface area (Å²) in [5.41, 5.74) is 0. The van der Waals surface area contributed by atoms with E-state index < -0.39 is 0 Å². The molecule has 3 heterocycles. The smallest absolute Gasteiger partial charge is 0.236 e. The van der Waals surface area contributed by atoms with Crippen LogP contribution in [0.15, 0.2) is 0 Å². The molecule has 3 saturated heterocycles. The van der Waals surface area contributed by atoms with E-state index in [-0.39, 0.29) is 29.7 Å². The second-order valence-electron chi connectivity index (χ2n) is 8.65. The molecular formula is C20H35N5O3. The molecule has 158 valence electrons. The van der Waals surface area contributed by atoms with Crippen molar-refractivity contribution in [1.29, 1.82) is 0 Å². The van der Waals surface area contributed by atoms with Crippen molar-refractivity contribution in [2.24, 2.45) is 5.92 Å². The molecule has 0 N–H and O–H groups in total. The summed E-state index contributed by atoms with van der Waals surface area (Å²) in [6.45, 7) is 6.35. The molecule has 8 heteroatoms. The molecule has 1 unspecified atom stereocenters. The summed E-state index contributed by atoms with van der Waals surface area (Å²) in [4.78, 5) is 47.3. The lowest BCUT2D eigenvalue weighted by Crippen LogP contribution is -2.53. The second-order valence-corrected chi connectivity index (χ2v) is 8.65. The van der Waals surface area contributed by atoms with Crippen molar-refractivity contribution in [1.82, 2.24) is 24.5 Å². The molecule has 28 heavy (non-hydrogen) atoms. The first-order valence-electron chi connectivity index (χ1n) is 10.5. The van der Waals surface area contributed by atoms with E-state index in [4.69, 9.17) is 0 Å². The van der Waals surface area contributed by atoms with E-state index in [0.29, 0.717) is 19.5 Å². The first-order chi connectivity index (χ1) is 13.3. The number of likely N-dealkylation sites (tertiary alicyclic amines) is 2. The largest absolute Gasteiger partial charge is 0.346 e. The van der Waals surface area contributed by atoms with E-state index in [1.807, 2.05) is 16.8 Å². The summed E-state index contributed by atoms with van der Waals surface area (Å²) in [6, 6.07) is 0.206. The molecule has 0 bridgehead atoms. The van der Waals surface area contributed by atoms with Gasteiger partial charge >= 0.3 is 0 Å². The Balaban J connectivity index is 1.42. The van der Waals surface area contributed by atoms with Crippen LogP contribution in [0.1, 0.15) is 25.7 Å². The van der Waals surface area contributed by atoms with Gasteiger partial charge in [0.1, 0.15) is 0 Å². The van der Waals surface area contributed by atoms with Crippen LogP contribution >= 0.6 is 0 Å². The maximum absolute atomic E-state index is 12.8. The number of rotatable bonds is 4. The Hall–Kier alpha value is -1.67. The van der Waals surface area contributed by atoms with Crippen molar-refractivity contribution in [3.63, 3.8) is 0 Å². The minimum atomic E-state index is -0.175. The van der Waals surface area contributed by atoms with Crippen molar-refractivity contribution < 1.29 is 14.4 Å². The zero-order valence-corrected chi connectivity index (χ0v) is 17.6. The predicted molar refractivity (Wildman–Crippen MR) is 107 cm³/mol. The number of piperidine rings is 2. The minimum Gasteiger partial charge on any atom is -0.346 e. The van der Waals surface area contributed by atoms with Gasteiger partial charge in [-0.15, -0.1) is 0 Å². The first kappa shape index (κ1) is 21.0. The molecule has 8 nitrogen and oxygen atoms in total. The fourth-order valence-corrected chi connectivity index (χ4v) is 4.43. The second kappa shape index (κ2) is 9.22. The summed E-state index contributed by atoms with van der Waals surface area (Å²) in [5.74, 6) is 0.218. The molecule has 3 fully saturated rings. The SMILES string of the molecule is CN1CCN(C(=O)CN2CCC(N(C)C(=O)C3CCN(C)C(=O)C3)CC2)CC1. The quantitative estimate of drug-likeness (QED) is 0.647. The Morgan fingerprint density at radius 2 is 1.61 bits per heavy atom. The highest BCUT2D eigenvalue weighted by Crippen LogP contribution is 2.23. The van der Waals surface area contributed by atoms with Gasteiger partial charge in [0, 0.05) is 78.3 Å². The highest BCUT2D eigenvalue weighted by molar-refractivity contribution is 5.87. The molecule has 0 aromatic carbocycles. The van der Waals surface area contributed by atoms with Crippen LogP contribution in [0.4, 0.5) is 0 Å². The van der Waals surface area contributed by atoms with Gasteiger partial charge in [0.2, 0.25) is 17.7 Å². The van der Waals surface area contributed by atoms with Gasteiger partial charge in [-0.3, -0.25) is 19.3 Å². The predicted octanol–water partition coefficient (Wildman–Crippen LogP) is -0.448. The van der Waals surface area contributed by atoms with Crippen molar-refractivity contribution in [3.8, 4) is 0 Å². The van der Waals surface area contributed by atoms with Crippen LogP contribution in [0.25, 0.3) is 0 Å². The molecule has 3 aliphatic heterocycles. The molecule has 3 aliphatic rings. The maximum Gasteiger partial charge on any atom is 0.236 e. The van der Waals surface area contributed by atoms with Crippen LogP contribution in [-0.4, -0.2) is 122 Å². The summed E-state index contributed by atoms with van der Waals surface area (Å²) >= 11 is 0. The lowest BCUT2D eigenvalue weighted by molar-refractivity contribution is -0.145. The van der Waals surface area contributed by atoms with Gasteiger partial charge in [0.15, 0.2) is 0 Å². The van der Waals surface area contributed by atoms with Crippen molar-refractivity contribution >= 4 is 17.7 Å². The zero-order chi connectivity index (χ0) is 20.3. The van der Waals surface area contributed by atoms with Crippen LogP contribution < -0.4 is 0 Å². The van der Waals surface area contributed by atoms with E-state index in [9.17, 15) is 14.4 Å². The Labute approximate surface area is 168 Å². The van der Waals surface area contributed by atoms with Gasteiger partial charge in [-0.25, -0.2) is 0 Å². The third kappa shape index (κ3) is 5.03. The number of amides is 3. The number of hydrogen-bond donors (Lipinski definition) is 0.